The van der Waals surface area contributed by atoms with Crippen molar-refractivity contribution >= 4 is 65.8 Å². The molecule has 1 atom stereocenters. The summed E-state index contributed by atoms with van der Waals surface area (Å²) in [5.41, 5.74) is 7.76. The smallest absolute Gasteiger partial charge is 0.159 e. The summed E-state index contributed by atoms with van der Waals surface area (Å²) in [5.74, 6) is 1.51. The monoisotopic (exact) mass is 640 g/mol. The molecule has 0 aliphatic carbocycles. The number of fused-ring (bicyclic) bond motifs is 9. The van der Waals surface area contributed by atoms with E-state index in [9.17, 15) is 0 Å². The molecule has 0 radical (unpaired) electrons. The molecule has 1 N–H and O–H groups in total. The number of aliphatic imine (C=N–C) groups is 2. The Balaban J connectivity index is 1.16. The highest BCUT2D eigenvalue weighted by Crippen LogP contribution is 2.37. The molecule has 0 saturated heterocycles. The van der Waals surface area contributed by atoms with Crippen LogP contribution < -0.4 is 5.32 Å². The van der Waals surface area contributed by atoms with Gasteiger partial charge in [-0.05, 0) is 75.1 Å². The topological polar surface area (TPSA) is 41.7 Å². The summed E-state index contributed by atoms with van der Waals surface area (Å²) in [6, 6.07) is 58.5. The molecule has 4 heteroatoms. The van der Waals surface area contributed by atoms with Gasteiger partial charge in [0.1, 0.15) is 12.0 Å². The Bertz CT molecular complexity index is 2810. The Labute approximate surface area is 289 Å². The number of aromatic nitrogens is 1. The maximum atomic E-state index is 5.26. The normalized spacial score (nSPS) is 14.7. The first kappa shape index (κ1) is 28.5. The van der Waals surface area contributed by atoms with Crippen LogP contribution in [0.25, 0.3) is 59.8 Å². The van der Waals surface area contributed by atoms with Crippen molar-refractivity contribution in [1.29, 1.82) is 0 Å². The second-order valence-electron chi connectivity index (χ2n) is 13.1. The number of para-hydroxylation sites is 2. The first-order valence-corrected chi connectivity index (χ1v) is 17.1. The minimum atomic E-state index is -0.290. The fraction of sp³-hybridized carbons (Fsp3) is 0.0435. The van der Waals surface area contributed by atoms with Crippen LogP contribution in [0.2, 0.25) is 0 Å². The Morgan fingerprint density at radius 3 is 1.80 bits per heavy atom. The van der Waals surface area contributed by atoms with Crippen molar-refractivity contribution in [3.05, 3.63) is 186 Å². The molecule has 0 saturated carbocycles. The molecule has 10 rings (SSSR count). The molecule has 1 aliphatic heterocycles. The van der Waals surface area contributed by atoms with Crippen molar-refractivity contribution in [1.82, 2.24) is 9.88 Å². The van der Waals surface area contributed by atoms with Crippen LogP contribution in [0.4, 0.5) is 0 Å². The fourth-order valence-electron chi connectivity index (χ4n) is 7.73. The van der Waals surface area contributed by atoms with E-state index in [4.69, 9.17) is 9.98 Å². The molecule has 0 bridgehead atoms. The number of nitrogens with zero attached hydrogens (tertiary/aromatic N) is 3. The van der Waals surface area contributed by atoms with Gasteiger partial charge in [0.25, 0.3) is 0 Å². The van der Waals surface area contributed by atoms with E-state index in [2.05, 4.69) is 175 Å². The van der Waals surface area contributed by atoms with Crippen LogP contribution in [0.15, 0.2) is 174 Å². The molecule has 0 amide bonds. The van der Waals surface area contributed by atoms with Crippen molar-refractivity contribution in [3.8, 4) is 5.69 Å². The molecule has 1 unspecified atom stereocenters. The molecule has 2 heterocycles. The molecule has 50 heavy (non-hydrogen) atoms. The van der Waals surface area contributed by atoms with Crippen molar-refractivity contribution in [2.75, 3.05) is 0 Å². The average Bonchev–Trinajstić information content (AvgIpc) is 3.52. The number of benzene rings is 8. The van der Waals surface area contributed by atoms with Crippen molar-refractivity contribution in [3.63, 3.8) is 0 Å². The largest absolute Gasteiger partial charge is 0.344 e. The summed E-state index contributed by atoms with van der Waals surface area (Å²) >= 11 is 0. The van der Waals surface area contributed by atoms with Gasteiger partial charge in [-0.15, -0.1) is 0 Å². The first-order valence-electron chi connectivity index (χ1n) is 17.1. The van der Waals surface area contributed by atoms with E-state index >= 15 is 0 Å². The Morgan fingerprint density at radius 2 is 1.08 bits per heavy atom. The SMILES string of the molecule is Cc1ccc2c3ccccc3c3ccc(C4=NC(c5cccc(-n6c7ccccc7c7ccccc76)c5)=NC(c5ccccc5)N4)cc3c2c1. The number of hydrogen-bond donors (Lipinski definition) is 1. The van der Waals surface area contributed by atoms with Crippen LogP contribution in [-0.4, -0.2) is 16.2 Å². The van der Waals surface area contributed by atoms with E-state index in [1.807, 2.05) is 6.07 Å². The van der Waals surface area contributed by atoms with Crippen LogP contribution in [-0.2, 0) is 0 Å². The zero-order valence-corrected chi connectivity index (χ0v) is 27.5. The minimum Gasteiger partial charge on any atom is -0.344 e. The van der Waals surface area contributed by atoms with E-state index in [-0.39, 0.29) is 6.17 Å². The third kappa shape index (κ3) is 4.53. The average molecular weight is 641 g/mol. The molecule has 0 fully saturated rings. The van der Waals surface area contributed by atoms with Gasteiger partial charge in [0, 0.05) is 27.6 Å². The molecule has 4 nitrogen and oxygen atoms in total. The van der Waals surface area contributed by atoms with Crippen LogP contribution in [0, 0.1) is 6.92 Å². The molecular weight excluding hydrogens is 609 g/mol. The zero-order chi connectivity index (χ0) is 33.2. The lowest BCUT2D eigenvalue weighted by Crippen LogP contribution is -2.33. The highest BCUT2D eigenvalue weighted by Gasteiger charge is 2.22. The van der Waals surface area contributed by atoms with Gasteiger partial charge in [0.15, 0.2) is 5.84 Å². The van der Waals surface area contributed by atoms with Gasteiger partial charge in [0.05, 0.1) is 11.0 Å². The molecular formula is C46H32N4. The Hall–Kier alpha value is -6.52. The van der Waals surface area contributed by atoms with Gasteiger partial charge in [-0.25, -0.2) is 9.98 Å². The minimum absolute atomic E-state index is 0.290. The molecule has 8 aromatic carbocycles. The zero-order valence-electron chi connectivity index (χ0n) is 27.5. The van der Waals surface area contributed by atoms with Crippen molar-refractivity contribution < 1.29 is 0 Å². The van der Waals surface area contributed by atoms with E-state index in [0.29, 0.717) is 5.84 Å². The van der Waals surface area contributed by atoms with E-state index in [1.54, 1.807) is 0 Å². The number of rotatable bonds is 4. The Kier molecular flexibility index (Phi) is 6.43. The fourth-order valence-corrected chi connectivity index (χ4v) is 7.73. The quantitative estimate of drug-likeness (QED) is 0.191. The lowest BCUT2D eigenvalue weighted by molar-refractivity contribution is 0.674. The third-order valence-corrected chi connectivity index (χ3v) is 10.1. The van der Waals surface area contributed by atoms with Gasteiger partial charge in [0.2, 0.25) is 0 Å². The summed E-state index contributed by atoms with van der Waals surface area (Å²) in [4.78, 5) is 10.5. The second-order valence-corrected chi connectivity index (χ2v) is 13.1. The predicted molar refractivity (Wildman–Crippen MR) is 210 cm³/mol. The van der Waals surface area contributed by atoms with E-state index in [1.165, 1.54) is 59.7 Å². The van der Waals surface area contributed by atoms with Crippen LogP contribution in [0.5, 0.6) is 0 Å². The molecule has 1 aliphatic rings. The summed E-state index contributed by atoms with van der Waals surface area (Å²) in [6.07, 6.45) is -0.290. The molecule has 9 aromatic rings. The van der Waals surface area contributed by atoms with Crippen molar-refractivity contribution in [2.45, 2.75) is 13.1 Å². The molecule has 236 valence electrons. The third-order valence-electron chi connectivity index (χ3n) is 10.1. The summed E-state index contributed by atoms with van der Waals surface area (Å²) in [6.45, 7) is 2.16. The molecule has 1 aromatic heterocycles. The first-order chi connectivity index (χ1) is 24.7. The van der Waals surface area contributed by atoms with Gasteiger partial charge in [-0.3, -0.25) is 0 Å². The number of aryl methyl sites for hydroxylation is 1. The predicted octanol–water partition coefficient (Wildman–Crippen LogP) is 11.0. The highest BCUT2D eigenvalue weighted by molar-refractivity contribution is 6.26. The van der Waals surface area contributed by atoms with Gasteiger partial charge >= 0.3 is 0 Å². The second kappa shape index (κ2) is 11.3. The lowest BCUT2D eigenvalue weighted by Gasteiger charge is -2.24. The highest BCUT2D eigenvalue weighted by atomic mass is 15.2. The van der Waals surface area contributed by atoms with Crippen LogP contribution in [0.1, 0.15) is 28.4 Å². The molecule has 0 spiro atoms. The van der Waals surface area contributed by atoms with Crippen LogP contribution >= 0.6 is 0 Å². The van der Waals surface area contributed by atoms with Gasteiger partial charge < -0.3 is 9.88 Å². The summed E-state index contributed by atoms with van der Waals surface area (Å²) < 4.78 is 2.34. The van der Waals surface area contributed by atoms with Crippen LogP contribution in [0.3, 0.4) is 0 Å². The van der Waals surface area contributed by atoms with Crippen molar-refractivity contribution in [2.24, 2.45) is 9.98 Å². The standard InChI is InChI=1S/C46H32N4/c1-29-22-24-36-34-16-5-6-17-35(34)37-25-23-32(28-41(37)40(36)26-29)46-48-44(30-12-3-2-4-13-30)47-45(49-46)31-14-11-15-33(27-31)50-42-20-9-7-18-38(42)39-19-8-10-21-43(39)50/h2-28,44H,1H3,(H,47,48,49). The summed E-state index contributed by atoms with van der Waals surface area (Å²) in [5, 5.41) is 13.7. The number of amidine groups is 2. The number of nitrogens with one attached hydrogen (secondary N) is 1. The Morgan fingerprint density at radius 1 is 0.480 bits per heavy atom. The van der Waals surface area contributed by atoms with Gasteiger partial charge in [-0.2, -0.15) is 0 Å². The van der Waals surface area contributed by atoms with E-state index < -0.39 is 0 Å². The maximum Gasteiger partial charge on any atom is 0.159 e. The lowest BCUT2D eigenvalue weighted by atomic mass is 9.92. The van der Waals surface area contributed by atoms with Gasteiger partial charge in [-0.1, -0.05) is 139 Å². The summed E-state index contributed by atoms with van der Waals surface area (Å²) in [7, 11) is 0. The van der Waals surface area contributed by atoms with E-state index in [0.717, 1.165) is 28.2 Å². The maximum absolute atomic E-state index is 5.26. The number of hydrogen-bond acceptors (Lipinski definition) is 3.